The van der Waals surface area contributed by atoms with E-state index >= 15 is 0 Å². The van der Waals surface area contributed by atoms with E-state index in [1.165, 1.54) is 18.2 Å². The first-order chi connectivity index (χ1) is 8.79. The van der Waals surface area contributed by atoms with Crippen LogP contribution in [0.2, 0.25) is 10.0 Å². The van der Waals surface area contributed by atoms with Gasteiger partial charge >= 0.3 is 6.18 Å². The van der Waals surface area contributed by atoms with Crippen molar-refractivity contribution in [3.63, 3.8) is 0 Å². The first-order valence-corrected chi connectivity index (χ1v) is 5.54. The van der Waals surface area contributed by atoms with Crippen LogP contribution in [0.15, 0.2) is 24.4 Å². The van der Waals surface area contributed by atoms with Gasteiger partial charge in [-0.15, -0.1) is 5.10 Å². The average molecular weight is 310 g/mol. The zero-order valence-corrected chi connectivity index (χ0v) is 10.5. The Kier molecular flexibility index (Phi) is 3.51. The number of rotatable bonds is 2. The van der Waals surface area contributed by atoms with E-state index in [4.69, 9.17) is 23.2 Å². The van der Waals surface area contributed by atoms with Crippen molar-refractivity contribution in [1.82, 2.24) is 15.0 Å². The number of Topliss-reactive ketones (excluding diaryl/α,β-unsaturated/α-hetero) is 1. The van der Waals surface area contributed by atoms with Crippen LogP contribution in [-0.4, -0.2) is 27.0 Å². The number of benzene rings is 1. The quantitative estimate of drug-likeness (QED) is 0.800. The highest BCUT2D eigenvalue weighted by Gasteiger charge is 2.41. The van der Waals surface area contributed by atoms with Crippen LogP contribution in [0.25, 0.3) is 5.69 Å². The monoisotopic (exact) mass is 309 g/mol. The first-order valence-electron chi connectivity index (χ1n) is 4.78. The third-order valence-corrected chi connectivity index (χ3v) is 2.68. The van der Waals surface area contributed by atoms with Crippen LogP contribution in [0.1, 0.15) is 10.5 Å². The van der Waals surface area contributed by atoms with Crippen molar-refractivity contribution in [2.45, 2.75) is 6.18 Å². The number of ketones is 1. The summed E-state index contributed by atoms with van der Waals surface area (Å²) in [6.45, 7) is 0. The zero-order chi connectivity index (χ0) is 14.2. The molecule has 0 fully saturated rings. The van der Waals surface area contributed by atoms with Gasteiger partial charge in [0.05, 0.1) is 16.9 Å². The number of aromatic nitrogens is 3. The van der Waals surface area contributed by atoms with E-state index in [0.717, 1.165) is 10.9 Å². The highest BCUT2D eigenvalue weighted by molar-refractivity contribution is 6.35. The maximum Gasteiger partial charge on any atom is 0.456 e. The van der Waals surface area contributed by atoms with E-state index < -0.39 is 17.7 Å². The van der Waals surface area contributed by atoms with E-state index in [1.807, 2.05) is 0 Å². The standard InChI is InChI=1S/C10H4Cl2F3N3O/c11-5-1-2-8(6(12)3-5)18-4-7(16-17-18)9(19)10(13,14)15/h1-4H. The van der Waals surface area contributed by atoms with Gasteiger partial charge in [-0.05, 0) is 18.2 Å². The fourth-order valence-corrected chi connectivity index (χ4v) is 1.79. The maximum absolute atomic E-state index is 12.2. The molecule has 0 atom stereocenters. The van der Waals surface area contributed by atoms with E-state index in [1.54, 1.807) is 0 Å². The normalized spacial score (nSPS) is 11.6. The first kappa shape index (κ1) is 13.8. The Morgan fingerprint density at radius 3 is 2.53 bits per heavy atom. The van der Waals surface area contributed by atoms with Gasteiger partial charge in [0.15, 0.2) is 5.69 Å². The molecular weight excluding hydrogens is 306 g/mol. The molecule has 19 heavy (non-hydrogen) atoms. The summed E-state index contributed by atoms with van der Waals surface area (Å²) in [5, 5.41) is 7.14. The predicted molar refractivity (Wildman–Crippen MR) is 61.8 cm³/mol. The van der Waals surface area contributed by atoms with Crippen LogP contribution in [0, 0.1) is 0 Å². The third-order valence-electron chi connectivity index (χ3n) is 2.14. The van der Waals surface area contributed by atoms with Crippen LogP contribution < -0.4 is 0 Å². The molecule has 0 amide bonds. The Labute approximate surface area is 114 Å². The summed E-state index contributed by atoms with van der Waals surface area (Å²) in [5.41, 5.74) is -0.543. The van der Waals surface area contributed by atoms with E-state index in [-0.39, 0.29) is 10.7 Å². The fourth-order valence-electron chi connectivity index (χ4n) is 1.30. The molecule has 1 aromatic heterocycles. The van der Waals surface area contributed by atoms with Crippen molar-refractivity contribution in [3.8, 4) is 5.69 Å². The summed E-state index contributed by atoms with van der Waals surface area (Å²) >= 11 is 11.5. The van der Waals surface area contributed by atoms with Crippen molar-refractivity contribution in [2.75, 3.05) is 0 Å². The molecule has 0 saturated heterocycles. The maximum atomic E-state index is 12.2. The fraction of sp³-hybridized carbons (Fsp3) is 0.100. The van der Waals surface area contributed by atoms with Crippen molar-refractivity contribution in [2.24, 2.45) is 0 Å². The molecule has 0 spiro atoms. The predicted octanol–water partition coefficient (Wildman–Crippen LogP) is 3.32. The lowest BCUT2D eigenvalue weighted by atomic mass is 10.3. The van der Waals surface area contributed by atoms with Crippen molar-refractivity contribution < 1.29 is 18.0 Å². The molecule has 100 valence electrons. The molecule has 0 saturated carbocycles. The molecule has 1 heterocycles. The molecule has 0 N–H and O–H groups in total. The molecule has 0 aliphatic carbocycles. The van der Waals surface area contributed by atoms with Crippen LogP contribution in [-0.2, 0) is 0 Å². The zero-order valence-electron chi connectivity index (χ0n) is 8.95. The minimum absolute atomic E-state index is 0.170. The Bertz CT molecular complexity index is 639. The van der Waals surface area contributed by atoms with Crippen LogP contribution in [0.3, 0.4) is 0 Å². The largest absolute Gasteiger partial charge is 0.456 e. The molecular formula is C10H4Cl2F3N3O. The summed E-state index contributed by atoms with van der Waals surface area (Å²) in [6.07, 6.45) is -4.14. The smallest absolute Gasteiger partial charge is 0.282 e. The van der Waals surface area contributed by atoms with Gasteiger partial charge in [0.25, 0.3) is 5.78 Å². The Balaban J connectivity index is 2.39. The van der Waals surface area contributed by atoms with Gasteiger partial charge in [-0.2, -0.15) is 13.2 Å². The Morgan fingerprint density at radius 2 is 1.95 bits per heavy atom. The van der Waals surface area contributed by atoms with Gasteiger partial charge in [-0.3, -0.25) is 4.79 Å². The number of alkyl halides is 3. The SMILES string of the molecule is O=C(c1cn(-c2ccc(Cl)cc2Cl)nn1)C(F)(F)F. The molecule has 0 aliphatic heterocycles. The van der Waals surface area contributed by atoms with Crippen molar-refractivity contribution in [3.05, 3.63) is 40.1 Å². The number of carbonyl (C=O) groups is 1. The van der Waals surface area contributed by atoms with Crippen LogP contribution >= 0.6 is 23.2 Å². The second-order valence-electron chi connectivity index (χ2n) is 3.47. The summed E-state index contributed by atoms with van der Waals surface area (Å²) < 4.78 is 37.6. The minimum atomic E-state index is -5.00. The second-order valence-corrected chi connectivity index (χ2v) is 4.31. The molecule has 2 aromatic rings. The second kappa shape index (κ2) is 4.82. The molecule has 0 radical (unpaired) electrons. The van der Waals surface area contributed by atoms with Crippen molar-refractivity contribution >= 4 is 29.0 Å². The van der Waals surface area contributed by atoms with Gasteiger partial charge in [0.1, 0.15) is 0 Å². The Hall–Kier alpha value is -1.60. The highest BCUT2D eigenvalue weighted by Crippen LogP contribution is 2.25. The number of hydrogen-bond acceptors (Lipinski definition) is 3. The summed E-state index contributed by atoms with van der Waals surface area (Å²) in [5.74, 6) is -2.07. The molecule has 1 aromatic carbocycles. The van der Waals surface area contributed by atoms with Gasteiger partial charge in [0.2, 0.25) is 0 Å². The lowest BCUT2D eigenvalue weighted by Crippen LogP contribution is -2.23. The molecule has 0 bridgehead atoms. The number of hydrogen-bond donors (Lipinski definition) is 0. The summed E-state index contributed by atoms with van der Waals surface area (Å²) in [4.78, 5) is 11.0. The summed E-state index contributed by atoms with van der Waals surface area (Å²) in [7, 11) is 0. The lowest BCUT2D eigenvalue weighted by molar-refractivity contribution is -0.0888. The van der Waals surface area contributed by atoms with Gasteiger partial charge in [-0.1, -0.05) is 28.4 Å². The molecule has 0 unspecified atom stereocenters. The van der Waals surface area contributed by atoms with Gasteiger partial charge in [-0.25, -0.2) is 4.68 Å². The molecule has 0 aliphatic rings. The number of carbonyl (C=O) groups excluding carboxylic acids is 1. The average Bonchev–Trinajstić information content (AvgIpc) is 2.75. The minimum Gasteiger partial charge on any atom is -0.282 e. The topological polar surface area (TPSA) is 47.8 Å². The molecule has 9 heteroatoms. The molecule has 4 nitrogen and oxygen atoms in total. The van der Waals surface area contributed by atoms with E-state index in [2.05, 4.69) is 10.3 Å². The van der Waals surface area contributed by atoms with Gasteiger partial charge in [0, 0.05) is 5.02 Å². The summed E-state index contributed by atoms with van der Waals surface area (Å²) in [6, 6.07) is 4.32. The van der Waals surface area contributed by atoms with E-state index in [9.17, 15) is 18.0 Å². The number of nitrogens with zero attached hydrogens (tertiary/aromatic N) is 3. The van der Waals surface area contributed by atoms with E-state index in [0.29, 0.717) is 5.02 Å². The van der Waals surface area contributed by atoms with Gasteiger partial charge < -0.3 is 0 Å². The molecule has 2 rings (SSSR count). The van der Waals surface area contributed by atoms with Crippen LogP contribution in [0.4, 0.5) is 13.2 Å². The highest BCUT2D eigenvalue weighted by atomic mass is 35.5. The number of halogens is 5. The van der Waals surface area contributed by atoms with Crippen molar-refractivity contribution in [1.29, 1.82) is 0 Å². The Morgan fingerprint density at radius 1 is 1.26 bits per heavy atom. The third kappa shape index (κ3) is 2.87. The van der Waals surface area contributed by atoms with Crippen LogP contribution in [0.5, 0.6) is 0 Å². The lowest BCUT2D eigenvalue weighted by Gasteiger charge is -2.03.